The lowest BCUT2D eigenvalue weighted by molar-refractivity contribution is 0.145. The average molecular weight is 385 g/mol. The first kappa shape index (κ1) is 17.9. The molecule has 4 nitrogen and oxygen atoms in total. The Morgan fingerprint density at radius 2 is 1.77 bits per heavy atom. The van der Waals surface area contributed by atoms with E-state index in [9.17, 15) is 0 Å². The van der Waals surface area contributed by atoms with Crippen LogP contribution in [-0.2, 0) is 6.54 Å². The van der Waals surface area contributed by atoms with Gasteiger partial charge in [0.05, 0.1) is 6.54 Å². The van der Waals surface area contributed by atoms with Gasteiger partial charge in [-0.15, -0.1) is 11.3 Å². The highest BCUT2D eigenvalue weighted by atomic mass is 32.2. The predicted molar refractivity (Wildman–Crippen MR) is 110 cm³/mol. The van der Waals surface area contributed by atoms with Crippen LogP contribution in [0.2, 0.25) is 0 Å². The van der Waals surface area contributed by atoms with Gasteiger partial charge in [0.25, 0.3) is 0 Å². The van der Waals surface area contributed by atoms with Crippen molar-refractivity contribution in [1.29, 1.82) is 0 Å². The van der Waals surface area contributed by atoms with Gasteiger partial charge in [-0.05, 0) is 38.6 Å². The van der Waals surface area contributed by atoms with Gasteiger partial charge in [0.15, 0.2) is 0 Å². The lowest BCUT2D eigenvalue weighted by atomic mass is 10.2. The van der Waals surface area contributed by atoms with Gasteiger partial charge < -0.3 is 4.90 Å². The summed E-state index contributed by atoms with van der Waals surface area (Å²) in [4.78, 5) is 18.4. The van der Waals surface area contributed by atoms with E-state index < -0.39 is 0 Å². The molecule has 0 aliphatic carbocycles. The van der Waals surface area contributed by atoms with Crippen molar-refractivity contribution in [1.82, 2.24) is 19.8 Å². The molecule has 26 heavy (non-hydrogen) atoms. The monoisotopic (exact) mass is 384 g/mol. The molecule has 0 spiro atoms. The number of hydrogen-bond acceptors (Lipinski definition) is 6. The number of likely N-dealkylation sites (N-methyl/N-ethyl adjacent to an activating group) is 1. The molecule has 0 radical (unpaired) electrons. The zero-order valence-electron chi connectivity index (χ0n) is 15.5. The van der Waals surface area contributed by atoms with Gasteiger partial charge in [0, 0.05) is 41.3 Å². The topological polar surface area (TPSA) is 32.3 Å². The number of aromatic nitrogens is 2. The first-order valence-corrected chi connectivity index (χ1v) is 10.6. The van der Waals surface area contributed by atoms with E-state index in [0.29, 0.717) is 0 Å². The molecule has 0 saturated carbocycles. The average Bonchev–Trinajstić information content (AvgIpc) is 2.92. The summed E-state index contributed by atoms with van der Waals surface area (Å²) < 4.78 is 0. The van der Waals surface area contributed by atoms with Crippen molar-refractivity contribution in [2.75, 3.05) is 33.2 Å². The molecule has 3 heterocycles. The van der Waals surface area contributed by atoms with E-state index in [-0.39, 0.29) is 0 Å². The van der Waals surface area contributed by atoms with Crippen LogP contribution in [0.4, 0.5) is 0 Å². The molecule has 1 aromatic carbocycles. The van der Waals surface area contributed by atoms with Crippen LogP contribution in [0.5, 0.6) is 0 Å². The zero-order valence-corrected chi connectivity index (χ0v) is 17.2. The van der Waals surface area contributed by atoms with Crippen molar-refractivity contribution in [3.8, 4) is 0 Å². The highest BCUT2D eigenvalue weighted by Crippen LogP contribution is 2.38. The number of nitrogens with zero attached hydrogens (tertiary/aromatic N) is 4. The number of aryl methyl sites for hydroxylation is 2. The van der Waals surface area contributed by atoms with Crippen molar-refractivity contribution >= 4 is 33.3 Å². The largest absolute Gasteiger partial charge is 0.304 e. The number of hydrogen-bond donors (Lipinski definition) is 0. The lowest BCUT2D eigenvalue weighted by Gasteiger charge is -2.31. The molecule has 0 atom stereocenters. The quantitative estimate of drug-likeness (QED) is 0.629. The third-order valence-corrected chi connectivity index (χ3v) is 7.06. The molecule has 0 amide bonds. The Kier molecular flexibility index (Phi) is 5.27. The zero-order chi connectivity index (χ0) is 18.1. The highest BCUT2D eigenvalue weighted by molar-refractivity contribution is 7.99. The fraction of sp³-hybridized carbons (Fsp3) is 0.400. The second-order valence-electron chi connectivity index (χ2n) is 6.90. The van der Waals surface area contributed by atoms with Crippen molar-refractivity contribution < 1.29 is 0 Å². The molecule has 2 aromatic heterocycles. The van der Waals surface area contributed by atoms with E-state index in [0.717, 1.165) is 48.4 Å². The lowest BCUT2D eigenvalue weighted by Crippen LogP contribution is -2.44. The van der Waals surface area contributed by atoms with E-state index in [1.54, 1.807) is 23.1 Å². The van der Waals surface area contributed by atoms with Crippen LogP contribution < -0.4 is 0 Å². The Bertz CT molecular complexity index is 899. The minimum Gasteiger partial charge on any atom is -0.304 e. The molecule has 3 aromatic rings. The van der Waals surface area contributed by atoms with E-state index in [2.05, 4.69) is 61.0 Å². The van der Waals surface area contributed by atoms with Crippen LogP contribution >= 0.6 is 23.1 Å². The second-order valence-corrected chi connectivity index (χ2v) is 9.17. The number of piperazine rings is 1. The summed E-state index contributed by atoms with van der Waals surface area (Å²) >= 11 is 3.54. The van der Waals surface area contributed by atoms with E-state index in [1.807, 2.05) is 0 Å². The standard InChI is InChI=1S/C20H24N4S2/c1-14-15(2)25-19-18(14)20(26-16-7-5-4-6-8-16)22-17(21-19)13-24-11-9-23(3)10-12-24/h4-8H,9-13H2,1-3H3. The Balaban J connectivity index is 1.68. The maximum Gasteiger partial charge on any atom is 0.145 e. The van der Waals surface area contributed by atoms with Gasteiger partial charge in [-0.1, -0.05) is 30.0 Å². The maximum absolute atomic E-state index is 4.99. The Morgan fingerprint density at radius 3 is 2.50 bits per heavy atom. The summed E-state index contributed by atoms with van der Waals surface area (Å²) in [5.41, 5.74) is 1.31. The van der Waals surface area contributed by atoms with Crippen LogP contribution in [0.25, 0.3) is 10.2 Å². The van der Waals surface area contributed by atoms with Crippen LogP contribution in [0.1, 0.15) is 16.3 Å². The molecule has 4 rings (SSSR count). The molecule has 136 valence electrons. The molecule has 0 unspecified atom stereocenters. The van der Waals surface area contributed by atoms with Crippen LogP contribution in [0.3, 0.4) is 0 Å². The van der Waals surface area contributed by atoms with Crippen LogP contribution in [0, 0.1) is 13.8 Å². The molecule has 0 N–H and O–H groups in total. The molecule has 6 heteroatoms. The molecule has 1 aliphatic rings. The molecule has 1 aliphatic heterocycles. The summed E-state index contributed by atoms with van der Waals surface area (Å²) in [6.45, 7) is 9.60. The van der Waals surface area contributed by atoms with Crippen LogP contribution in [0.15, 0.2) is 40.3 Å². The van der Waals surface area contributed by atoms with Gasteiger partial charge in [-0.2, -0.15) is 0 Å². The fourth-order valence-corrected chi connectivity index (χ4v) is 5.34. The molecule has 1 fully saturated rings. The van der Waals surface area contributed by atoms with Gasteiger partial charge in [-0.3, -0.25) is 4.90 Å². The molecular weight excluding hydrogens is 360 g/mol. The summed E-state index contributed by atoms with van der Waals surface area (Å²) in [5.74, 6) is 0.946. The van der Waals surface area contributed by atoms with Crippen molar-refractivity contribution in [2.24, 2.45) is 0 Å². The molecule has 0 bridgehead atoms. The van der Waals surface area contributed by atoms with Crippen molar-refractivity contribution in [3.63, 3.8) is 0 Å². The first-order valence-electron chi connectivity index (χ1n) is 9.00. The van der Waals surface area contributed by atoms with E-state index in [4.69, 9.17) is 9.97 Å². The number of benzene rings is 1. The molecule has 1 saturated heterocycles. The third-order valence-electron chi connectivity index (χ3n) is 4.96. The summed E-state index contributed by atoms with van der Waals surface area (Å²) in [5, 5.41) is 2.32. The minimum absolute atomic E-state index is 0.835. The Morgan fingerprint density at radius 1 is 1.04 bits per heavy atom. The second kappa shape index (κ2) is 7.64. The van der Waals surface area contributed by atoms with Gasteiger partial charge in [0.2, 0.25) is 0 Å². The summed E-state index contributed by atoms with van der Waals surface area (Å²) in [6.07, 6.45) is 0. The first-order chi connectivity index (χ1) is 12.6. The third kappa shape index (κ3) is 3.78. The number of thiophene rings is 1. The predicted octanol–water partition coefficient (Wildman–Crippen LogP) is 4.21. The smallest absolute Gasteiger partial charge is 0.145 e. The fourth-order valence-electron chi connectivity index (χ4n) is 3.21. The maximum atomic E-state index is 4.99. The highest BCUT2D eigenvalue weighted by Gasteiger charge is 2.19. The van der Waals surface area contributed by atoms with Gasteiger partial charge >= 0.3 is 0 Å². The minimum atomic E-state index is 0.835. The van der Waals surface area contributed by atoms with Crippen molar-refractivity contribution in [2.45, 2.75) is 30.3 Å². The van der Waals surface area contributed by atoms with Crippen molar-refractivity contribution in [3.05, 3.63) is 46.6 Å². The van der Waals surface area contributed by atoms with Gasteiger partial charge in [0.1, 0.15) is 15.7 Å². The van der Waals surface area contributed by atoms with E-state index >= 15 is 0 Å². The van der Waals surface area contributed by atoms with Crippen LogP contribution in [-0.4, -0.2) is 53.0 Å². The molecular formula is C20H24N4S2. The summed E-state index contributed by atoms with van der Waals surface area (Å²) in [7, 11) is 2.19. The normalized spacial score (nSPS) is 16.4. The number of rotatable bonds is 4. The van der Waals surface area contributed by atoms with Gasteiger partial charge in [-0.25, -0.2) is 9.97 Å². The number of fused-ring (bicyclic) bond motifs is 1. The van der Waals surface area contributed by atoms with E-state index in [1.165, 1.54) is 20.7 Å². The SMILES string of the molecule is Cc1sc2nc(CN3CCN(C)CC3)nc(Sc3ccccc3)c2c1C. The Labute approximate surface area is 163 Å². The summed E-state index contributed by atoms with van der Waals surface area (Å²) in [6, 6.07) is 10.5. The Hall–Kier alpha value is -1.47.